The first-order valence-electron chi connectivity index (χ1n) is 7.44. The van der Waals surface area contributed by atoms with Crippen LogP contribution in [0.4, 0.5) is 0 Å². The highest BCUT2D eigenvalue weighted by Gasteiger charge is 2.34. The van der Waals surface area contributed by atoms with Gasteiger partial charge < -0.3 is 19.1 Å². The summed E-state index contributed by atoms with van der Waals surface area (Å²) in [5.74, 6) is 0.863. The molecule has 3 rings (SSSR count). The summed E-state index contributed by atoms with van der Waals surface area (Å²) in [6.07, 6.45) is 0.634. The van der Waals surface area contributed by atoms with E-state index in [0.29, 0.717) is 37.4 Å². The largest absolute Gasteiger partial charge is 0.485 e. The van der Waals surface area contributed by atoms with Gasteiger partial charge in [0.15, 0.2) is 11.5 Å². The first kappa shape index (κ1) is 14.7. The van der Waals surface area contributed by atoms with Crippen molar-refractivity contribution in [2.75, 3.05) is 26.8 Å². The van der Waals surface area contributed by atoms with Crippen molar-refractivity contribution >= 4 is 11.9 Å². The molecule has 1 saturated heterocycles. The van der Waals surface area contributed by atoms with Crippen LogP contribution in [-0.2, 0) is 14.3 Å². The van der Waals surface area contributed by atoms with Crippen LogP contribution in [0.15, 0.2) is 24.3 Å². The number of methoxy groups -OCH3 is 1. The lowest BCUT2D eigenvalue weighted by atomic mass is 9.96. The zero-order chi connectivity index (χ0) is 15.5. The lowest BCUT2D eigenvalue weighted by Gasteiger charge is -2.34. The second kappa shape index (κ2) is 6.25. The molecule has 0 spiro atoms. The molecule has 2 heterocycles. The van der Waals surface area contributed by atoms with Crippen LogP contribution in [0, 0.1) is 5.92 Å². The van der Waals surface area contributed by atoms with Crippen molar-refractivity contribution in [3.8, 4) is 11.5 Å². The number of piperidine rings is 1. The summed E-state index contributed by atoms with van der Waals surface area (Å²) in [7, 11) is 1.39. The lowest BCUT2D eigenvalue weighted by Crippen LogP contribution is -2.49. The van der Waals surface area contributed by atoms with Gasteiger partial charge in [0.1, 0.15) is 6.61 Å². The molecular weight excluding hydrogens is 286 g/mol. The van der Waals surface area contributed by atoms with Crippen molar-refractivity contribution in [2.45, 2.75) is 18.9 Å². The van der Waals surface area contributed by atoms with Gasteiger partial charge in [-0.1, -0.05) is 12.1 Å². The number of nitrogens with zero attached hydrogens (tertiary/aromatic N) is 1. The number of likely N-dealkylation sites (tertiary alicyclic amines) is 1. The molecule has 1 atom stereocenters. The van der Waals surface area contributed by atoms with Crippen molar-refractivity contribution in [3.05, 3.63) is 24.3 Å². The molecule has 0 saturated carbocycles. The molecule has 0 unspecified atom stereocenters. The second-order valence-electron chi connectivity index (χ2n) is 5.49. The van der Waals surface area contributed by atoms with Crippen LogP contribution >= 0.6 is 0 Å². The summed E-state index contributed by atoms with van der Waals surface area (Å²) < 4.78 is 16.1. The van der Waals surface area contributed by atoms with Crippen LogP contribution in [0.1, 0.15) is 12.8 Å². The Bertz CT molecular complexity index is 565. The fourth-order valence-corrected chi connectivity index (χ4v) is 2.85. The Morgan fingerprint density at radius 2 is 1.86 bits per heavy atom. The van der Waals surface area contributed by atoms with Crippen molar-refractivity contribution in [1.82, 2.24) is 4.90 Å². The molecule has 1 amide bonds. The number of amides is 1. The predicted octanol–water partition coefficient (Wildman–Crippen LogP) is 1.24. The SMILES string of the molecule is COC(=O)C1CCN(C(=O)[C@@H]2COc3ccccc3O2)CC1. The third-order valence-corrected chi connectivity index (χ3v) is 4.13. The highest BCUT2D eigenvalue weighted by atomic mass is 16.6. The Hall–Kier alpha value is -2.24. The van der Waals surface area contributed by atoms with Gasteiger partial charge in [-0.2, -0.15) is 0 Å². The highest BCUT2D eigenvalue weighted by molar-refractivity contribution is 5.82. The van der Waals surface area contributed by atoms with E-state index in [9.17, 15) is 9.59 Å². The molecule has 0 aromatic heterocycles. The average molecular weight is 305 g/mol. The Balaban J connectivity index is 1.58. The maximum Gasteiger partial charge on any atom is 0.308 e. The van der Waals surface area contributed by atoms with Gasteiger partial charge in [0.2, 0.25) is 6.10 Å². The summed E-state index contributed by atoms with van der Waals surface area (Å²) in [4.78, 5) is 25.8. The van der Waals surface area contributed by atoms with Gasteiger partial charge in [0.05, 0.1) is 13.0 Å². The van der Waals surface area contributed by atoms with Gasteiger partial charge in [-0.15, -0.1) is 0 Å². The van der Waals surface area contributed by atoms with Crippen molar-refractivity contribution < 1.29 is 23.8 Å². The van der Waals surface area contributed by atoms with Crippen LogP contribution in [0.2, 0.25) is 0 Å². The predicted molar refractivity (Wildman–Crippen MR) is 77.7 cm³/mol. The van der Waals surface area contributed by atoms with Crippen molar-refractivity contribution in [3.63, 3.8) is 0 Å². The maximum atomic E-state index is 12.5. The van der Waals surface area contributed by atoms with E-state index in [2.05, 4.69) is 0 Å². The third-order valence-electron chi connectivity index (χ3n) is 4.13. The van der Waals surface area contributed by atoms with Gasteiger partial charge in [0.25, 0.3) is 5.91 Å². The zero-order valence-corrected chi connectivity index (χ0v) is 12.5. The van der Waals surface area contributed by atoms with Crippen LogP contribution in [-0.4, -0.2) is 49.7 Å². The molecule has 0 radical (unpaired) electrons. The second-order valence-corrected chi connectivity index (χ2v) is 5.49. The van der Waals surface area contributed by atoms with Gasteiger partial charge in [-0.25, -0.2) is 0 Å². The first-order valence-corrected chi connectivity index (χ1v) is 7.44. The smallest absolute Gasteiger partial charge is 0.308 e. The van der Waals surface area contributed by atoms with Gasteiger partial charge in [-0.05, 0) is 25.0 Å². The minimum absolute atomic E-state index is 0.0854. The molecular formula is C16H19NO5. The molecule has 2 aliphatic heterocycles. The number of rotatable bonds is 2. The standard InChI is InChI=1S/C16H19NO5/c1-20-16(19)11-6-8-17(9-7-11)15(18)14-10-21-12-4-2-3-5-13(12)22-14/h2-5,11,14H,6-10H2,1H3/t14-/m0/s1. The fraction of sp³-hybridized carbons (Fsp3) is 0.500. The molecule has 0 aliphatic carbocycles. The number of fused-ring (bicyclic) bond motifs is 1. The van der Waals surface area contributed by atoms with Gasteiger partial charge in [-0.3, -0.25) is 9.59 Å². The van der Waals surface area contributed by atoms with Gasteiger partial charge >= 0.3 is 5.97 Å². The number of para-hydroxylation sites is 2. The monoisotopic (exact) mass is 305 g/mol. The summed E-state index contributed by atoms with van der Waals surface area (Å²) in [6, 6.07) is 7.31. The Kier molecular flexibility index (Phi) is 4.18. The Morgan fingerprint density at radius 3 is 2.55 bits per heavy atom. The van der Waals surface area contributed by atoms with E-state index in [1.165, 1.54) is 7.11 Å². The average Bonchev–Trinajstić information content (AvgIpc) is 2.60. The molecule has 2 aliphatic rings. The van der Waals surface area contributed by atoms with E-state index in [1.54, 1.807) is 11.0 Å². The topological polar surface area (TPSA) is 65.1 Å². The van der Waals surface area contributed by atoms with Crippen molar-refractivity contribution in [1.29, 1.82) is 0 Å². The van der Waals surface area contributed by atoms with E-state index in [1.807, 2.05) is 18.2 Å². The minimum Gasteiger partial charge on any atom is -0.485 e. The summed E-state index contributed by atoms with van der Waals surface area (Å²) in [5.41, 5.74) is 0. The van der Waals surface area contributed by atoms with E-state index in [0.717, 1.165) is 0 Å². The van der Waals surface area contributed by atoms with Crippen LogP contribution in [0.25, 0.3) is 0 Å². The summed E-state index contributed by atoms with van der Waals surface area (Å²) in [5, 5.41) is 0. The molecule has 22 heavy (non-hydrogen) atoms. The molecule has 1 aromatic carbocycles. The van der Waals surface area contributed by atoms with Crippen molar-refractivity contribution in [2.24, 2.45) is 5.92 Å². The van der Waals surface area contributed by atoms with Crippen LogP contribution in [0.5, 0.6) is 11.5 Å². The highest BCUT2D eigenvalue weighted by Crippen LogP contribution is 2.31. The molecule has 6 heteroatoms. The lowest BCUT2D eigenvalue weighted by molar-refractivity contribution is -0.151. The first-order chi connectivity index (χ1) is 10.7. The minimum atomic E-state index is -0.621. The molecule has 6 nitrogen and oxygen atoms in total. The number of carbonyl (C=O) groups is 2. The van der Waals surface area contributed by atoms with Crippen LogP contribution < -0.4 is 9.47 Å². The molecule has 1 fully saturated rings. The molecule has 0 N–H and O–H groups in total. The molecule has 0 bridgehead atoms. The summed E-state index contributed by atoms with van der Waals surface area (Å²) in [6.45, 7) is 1.30. The van der Waals surface area contributed by atoms with E-state index >= 15 is 0 Å². The van der Waals surface area contributed by atoms with E-state index < -0.39 is 6.10 Å². The third kappa shape index (κ3) is 2.86. The number of benzene rings is 1. The number of esters is 1. The molecule has 118 valence electrons. The summed E-state index contributed by atoms with van der Waals surface area (Å²) >= 11 is 0. The van der Waals surface area contributed by atoms with Crippen LogP contribution in [0.3, 0.4) is 0 Å². The number of carbonyl (C=O) groups excluding carboxylic acids is 2. The van der Waals surface area contributed by atoms with E-state index in [4.69, 9.17) is 14.2 Å². The number of ether oxygens (including phenoxy) is 3. The number of hydrogen-bond acceptors (Lipinski definition) is 5. The fourth-order valence-electron chi connectivity index (χ4n) is 2.85. The normalized spacial score (nSPS) is 21.3. The Morgan fingerprint density at radius 1 is 1.18 bits per heavy atom. The van der Waals surface area contributed by atoms with E-state index in [-0.39, 0.29) is 24.4 Å². The quantitative estimate of drug-likeness (QED) is 0.769. The maximum absolute atomic E-state index is 12.5. The zero-order valence-electron chi connectivity index (χ0n) is 12.5. The number of hydrogen-bond donors (Lipinski definition) is 0. The Labute approximate surface area is 128 Å². The van der Waals surface area contributed by atoms with Gasteiger partial charge in [0, 0.05) is 13.1 Å². The molecule has 1 aromatic rings.